The molecule has 0 bridgehead atoms. The third-order valence-electron chi connectivity index (χ3n) is 1.39. The first kappa shape index (κ1) is 12.2. The minimum absolute atomic E-state index is 0.538. The van der Waals surface area contributed by atoms with E-state index < -0.39 is 0 Å². The Kier molecular flexibility index (Phi) is 9.50. The monoisotopic (exact) mass is 193 g/mol. The summed E-state index contributed by atoms with van der Waals surface area (Å²) in [6.45, 7) is 5.02. The van der Waals surface area contributed by atoms with E-state index in [1.54, 1.807) is 7.11 Å². The Balaban J connectivity index is 2.90. The summed E-state index contributed by atoms with van der Waals surface area (Å²) in [5.41, 5.74) is 5.45. The van der Waals surface area contributed by atoms with Crippen molar-refractivity contribution >= 4 is 11.8 Å². The zero-order valence-corrected chi connectivity index (χ0v) is 8.73. The Bertz CT molecular complexity index is 93.1. The number of thioether (sulfide) groups is 1. The second-order valence-corrected chi connectivity index (χ2v) is 4.07. The van der Waals surface area contributed by atoms with Gasteiger partial charge in [0.2, 0.25) is 0 Å². The molecule has 3 nitrogen and oxygen atoms in total. The van der Waals surface area contributed by atoms with Gasteiger partial charge in [-0.05, 0) is 0 Å². The summed E-state index contributed by atoms with van der Waals surface area (Å²) in [5.74, 6) is 1.02. The van der Waals surface area contributed by atoms with Crippen molar-refractivity contribution in [1.82, 2.24) is 0 Å². The van der Waals surface area contributed by atoms with Crippen LogP contribution in [-0.2, 0) is 9.47 Å². The van der Waals surface area contributed by atoms with E-state index in [0.717, 1.165) is 18.9 Å². The first-order valence-electron chi connectivity index (χ1n) is 4.19. The van der Waals surface area contributed by atoms with Gasteiger partial charge in [0.15, 0.2) is 0 Å². The van der Waals surface area contributed by atoms with E-state index in [0.29, 0.717) is 18.5 Å². The molecule has 0 spiro atoms. The van der Waals surface area contributed by atoms with Crippen LogP contribution in [0.5, 0.6) is 0 Å². The van der Waals surface area contributed by atoms with Crippen LogP contribution in [0.1, 0.15) is 6.92 Å². The lowest BCUT2D eigenvalue weighted by Crippen LogP contribution is -2.14. The number of hydrogen-bond donors (Lipinski definition) is 1. The average Bonchev–Trinajstić information content (AvgIpc) is 2.10. The molecule has 0 amide bonds. The van der Waals surface area contributed by atoms with Gasteiger partial charge in [-0.3, -0.25) is 0 Å². The second-order valence-electron chi connectivity index (χ2n) is 2.52. The van der Waals surface area contributed by atoms with E-state index in [9.17, 15) is 0 Å². The van der Waals surface area contributed by atoms with E-state index in [1.807, 2.05) is 11.8 Å². The van der Waals surface area contributed by atoms with E-state index in [-0.39, 0.29) is 0 Å². The van der Waals surface area contributed by atoms with Crippen LogP contribution in [0.2, 0.25) is 0 Å². The fourth-order valence-corrected chi connectivity index (χ4v) is 1.37. The molecule has 0 fully saturated rings. The Hall–Kier alpha value is 0.230. The van der Waals surface area contributed by atoms with E-state index >= 15 is 0 Å². The number of rotatable bonds is 8. The number of methoxy groups -OCH3 is 1. The molecule has 0 radical (unpaired) electrons. The summed E-state index contributed by atoms with van der Waals surface area (Å²) in [4.78, 5) is 0. The van der Waals surface area contributed by atoms with E-state index in [2.05, 4.69) is 6.92 Å². The molecule has 4 heteroatoms. The van der Waals surface area contributed by atoms with Crippen molar-refractivity contribution in [3.63, 3.8) is 0 Å². The van der Waals surface area contributed by atoms with Crippen molar-refractivity contribution in [2.75, 3.05) is 39.2 Å². The highest BCUT2D eigenvalue weighted by molar-refractivity contribution is 7.99. The topological polar surface area (TPSA) is 44.5 Å². The van der Waals surface area contributed by atoms with Gasteiger partial charge in [0.05, 0.1) is 19.8 Å². The average molecular weight is 193 g/mol. The fourth-order valence-electron chi connectivity index (χ4n) is 0.621. The van der Waals surface area contributed by atoms with Crippen LogP contribution in [-0.4, -0.2) is 44.5 Å². The highest BCUT2D eigenvalue weighted by Gasteiger charge is 1.97. The van der Waals surface area contributed by atoms with E-state index in [1.165, 1.54) is 0 Å². The fraction of sp³-hybridized carbons (Fsp3) is 1.00. The molecule has 12 heavy (non-hydrogen) atoms. The Labute approximate surface area is 79.0 Å². The molecule has 0 aliphatic carbocycles. The lowest BCUT2D eigenvalue weighted by molar-refractivity contribution is 0.0790. The van der Waals surface area contributed by atoms with Crippen molar-refractivity contribution in [2.45, 2.75) is 12.2 Å². The number of hydrogen-bond acceptors (Lipinski definition) is 4. The van der Waals surface area contributed by atoms with Crippen LogP contribution in [0.4, 0.5) is 0 Å². The largest absolute Gasteiger partial charge is 0.382 e. The molecule has 0 aromatic heterocycles. The predicted molar refractivity (Wildman–Crippen MR) is 53.7 cm³/mol. The standard InChI is InChI=1S/C8H19NO2S/c1-8(7-9)12-6-5-11-4-3-10-2/h8H,3-7,9H2,1-2H3. The minimum Gasteiger partial charge on any atom is -0.382 e. The molecule has 1 unspecified atom stereocenters. The highest BCUT2D eigenvalue weighted by atomic mass is 32.2. The summed E-state index contributed by atoms with van der Waals surface area (Å²) >= 11 is 1.84. The molecule has 0 saturated heterocycles. The highest BCUT2D eigenvalue weighted by Crippen LogP contribution is 2.07. The SMILES string of the molecule is COCCOCCSC(C)CN. The van der Waals surface area contributed by atoms with Gasteiger partial charge in [-0.1, -0.05) is 6.92 Å². The Morgan fingerprint density at radius 2 is 2.08 bits per heavy atom. The molecule has 0 heterocycles. The zero-order chi connectivity index (χ0) is 9.23. The Morgan fingerprint density at radius 3 is 2.67 bits per heavy atom. The quantitative estimate of drug-likeness (QED) is 0.577. The van der Waals surface area contributed by atoms with Gasteiger partial charge in [0.1, 0.15) is 0 Å². The maximum Gasteiger partial charge on any atom is 0.0700 e. The van der Waals surface area contributed by atoms with Crippen LogP contribution in [0.25, 0.3) is 0 Å². The summed E-state index contributed by atoms with van der Waals surface area (Å²) in [6.07, 6.45) is 0. The lowest BCUT2D eigenvalue weighted by Gasteiger charge is -2.07. The molecular weight excluding hydrogens is 174 g/mol. The van der Waals surface area contributed by atoms with Crippen LogP contribution in [0.15, 0.2) is 0 Å². The normalized spacial score (nSPS) is 13.2. The van der Waals surface area contributed by atoms with Crippen molar-refractivity contribution in [2.24, 2.45) is 5.73 Å². The molecule has 0 aliphatic rings. The number of nitrogens with two attached hydrogens (primary N) is 1. The Morgan fingerprint density at radius 1 is 1.33 bits per heavy atom. The summed E-state index contributed by atoms with van der Waals surface area (Å²) < 4.78 is 10.1. The van der Waals surface area contributed by atoms with Crippen LogP contribution in [0, 0.1) is 0 Å². The zero-order valence-electron chi connectivity index (χ0n) is 7.91. The molecule has 0 rings (SSSR count). The van der Waals surface area contributed by atoms with Gasteiger partial charge < -0.3 is 15.2 Å². The molecule has 2 N–H and O–H groups in total. The maximum atomic E-state index is 5.45. The van der Waals surface area contributed by atoms with Gasteiger partial charge >= 0.3 is 0 Å². The maximum absolute atomic E-state index is 5.45. The van der Waals surface area contributed by atoms with Crippen molar-refractivity contribution in [3.8, 4) is 0 Å². The molecular formula is C8H19NO2S. The molecule has 0 aliphatic heterocycles. The third-order valence-corrected chi connectivity index (χ3v) is 2.56. The first-order valence-corrected chi connectivity index (χ1v) is 5.24. The van der Waals surface area contributed by atoms with Crippen molar-refractivity contribution in [1.29, 1.82) is 0 Å². The van der Waals surface area contributed by atoms with Gasteiger partial charge in [-0.2, -0.15) is 11.8 Å². The summed E-state index contributed by atoms with van der Waals surface area (Å²) in [6, 6.07) is 0. The summed E-state index contributed by atoms with van der Waals surface area (Å²) in [7, 11) is 1.68. The number of ether oxygens (including phenoxy) is 2. The lowest BCUT2D eigenvalue weighted by atomic mass is 10.5. The van der Waals surface area contributed by atoms with Crippen molar-refractivity contribution < 1.29 is 9.47 Å². The molecule has 0 aromatic rings. The van der Waals surface area contributed by atoms with Gasteiger partial charge in [-0.15, -0.1) is 0 Å². The van der Waals surface area contributed by atoms with Crippen LogP contribution < -0.4 is 5.73 Å². The van der Waals surface area contributed by atoms with Crippen molar-refractivity contribution in [3.05, 3.63) is 0 Å². The first-order chi connectivity index (χ1) is 5.81. The van der Waals surface area contributed by atoms with Gasteiger partial charge in [-0.25, -0.2) is 0 Å². The molecule has 74 valence electrons. The predicted octanol–water partition coefficient (Wildman–Crippen LogP) is 0.730. The second kappa shape index (κ2) is 9.32. The smallest absolute Gasteiger partial charge is 0.0700 e. The summed E-state index contributed by atoms with van der Waals surface area (Å²) in [5, 5.41) is 0.538. The van der Waals surface area contributed by atoms with E-state index in [4.69, 9.17) is 15.2 Å². The molecule has 1 atom stereocenters. The third kappa shape index (κ3) is 8.33. The van der Waals surface area contributed by atoms with Gasteiger partial charge in [0.25, 0.3) is 0 Å². The van der Waals surface area contributed by atoms with Crippen LogP contribution >= 0.6 is 11.8 Å². The minimum atomic E-state index is 0.538. The molecule has 0 saturated carbocycles. The van der Waals surface area contributed by atoms with Gasteiger partial charge in [0, 0.05) is 24.7 Å². The molecule has 0 aromatic carbocycles. The van der Waals surface area contributed by atoms with Crippen LogP contribution in [0.3, 0.4) is 0 Å².